The van der Waals surface area contributed by atoms with Crippen LogP contribution in [0.5, 0.6) is 0 Å². The van der Waals surface area contributed by atoms with Crippen LogP contribution in [0.1, 0.15) is 5.56 Å². The van der Waals surface area contributed by atoms with Crippen molar-refractivity contribution in [3.8, 4) is 0 Å². The topological polar surface area (TPSA) is 34.4 Å². The van der Waals surface area contributed by atoms with E-state index in [4.69, 9.17) is 0 Å². The molecule has 3 nitrogen and oxygen atoms in total. The molecular weight excluding hydrogens is 244 g/mol. The molecular formula is C14H10N2OS. The molecule has 0 bridgehead atoms. The van der Waals surface area contributed by atoms with E-state index in [1.54, 1.807) is 6.21 Å². The highest BCUT2D eigenvalue weighted by molar-refractivity contribution is 7.13. The van der Waals surface area contributed by atoms with Crippen LogP contribution in [0, 0.1) is 0 Å². The number of benzene rings is 2. The minimum atomic E-state index is -0.0669. The Morgan fingerprint density at radius 1 is 1.00 bits per heavy atom. The van der Waals surface area contributed by atoms with Crippen molar-refractivity contribution in [3.05, 3.63) is 70.5 Å². The molecule has 1 aromatic heterocycles. The Balaban J connectivity index is 2.03. The summed E-state index contributed by atoms with van der Waals surface area (Å²) in [5.41, 5.74) is 0.907. The first-order chi connectivity index (χ1) is 8.84. The molecule has 0 fully saturated rings. The lowest BCUT2D eigenvalue weighted by atomic mass is 10.2. The van der Waals surface area contributed by atoms with Crippen molar-refractivity contribution in [2.24, 2.45) is 5.10 Å². The van der Waals surface area contributed by atoms with E-state index < -0.39 is 0 Å². The van der Waals surface area contributed by atoms with Crippen LogP contribution in [0.25, 0.3) is 10.1 Å². The zero-order chi connectivity index (χ0) is 12.4. The van der Waals surface area contributed by atoms with Gasteiger partial charge in [0.1, 0.15) is 0 Å². The molecule has 0 radical (unpaired) electrons. The van der Waals surface area contributed by atoms with Crippen molar-refractivity contribution in [1.82, 2.24) is 4.07 Å². The van der Waals surface area contributed by atoms with Crippen molar-refractivity contribution in [2.45, 2.75) is 0 Å². The van der Waals surface area contributed by atoms with E-state index in [-0.39, 0.29) is 5.56 Å². The lowest BCUT2D eigenvalue weighted by Gasteiger charge is -1.90. The van der Waals surface area contributed by atoms with Crippen LogP contribution in [0.4, 0.5) is 0 Å². The molecule has 1 heterocycles. The van der Waals surface area contributed by atoms with Crippen LogP contribution in [0.15, 0.2) is 64.5 Å². The lowest BCUT2D eigenvalue weighted by molar-refractivity contribution is 0.953. The van der Waals surface area contributed by atoms with Crippen molar-refractivity contribution >= 4 is 27.8 Å². The molecule has 3 aromatic rings. The van der Waals surface area contributed by atoms with Gasteiger partial charge in [-0.05, 0) is 29.2 Å². The fourth-order valence-electron chi connectivity index (χ4n) is 1.69. The van der Waals surface area contributed by atoms with Crippen molar-refractivity contribution in [3.63, 3.8) is 0 Å². The number of rotatable bonds is 2. The van der Waals surface area contributed by atoms with Crippen molar-refractivity contribution in [1.29, 1.82) is 0 Å². The highest BCUT2D eigenvalue weighted by atomic mass is 32.1. The third-order valence-corrected chi connectivity index (χ3v) is 3.57. The zero-order valence-corrected chi connectivity index (χ0v) is 10.3. The Bertz CT molecular complexity index is 756. The molecule has 18 heavy (non-hydrogen) atoms. The molecule has 0 N–H and O–H groups in total. The van der Waals surface area contributed by atoms with Gasteiger partial charge in [0, 0.05) is 0 Å². The molecule has 0 spiro atoms. The van der Waals surface area contributed by atoms with Gasteiger partial charge < -0.3 is 0 Å². The summed E-state index contributed by atoms with van der Waals surface area (Å²) in [6, 6.07) is 17.3. The highest BCUT2D eigenvalue weighted by Gasteiger charge is 2.04. The van der Waals surface area contributed by atoms with Crippen LogP contribution in [-0.4, -0.2) is 10.3 Å². The Kier molecular flexibility index (Phi) is 2.78. The maximum atomic E-state index is 12.0. The molecule has 4 heteroatoms. The van der Waals surface area contributed by atoms with Crippen LogP contribution < -0.4 is 5.56 Å². The summed E-state index contributed by atoms with van der Waals surface area (Å²) in [4.78, 5) is 12.0. The molecule has 3 rings (SSSR count). The van der Waals surface area contributed by atoms with Crippen molar-refractivity contribution < 1.29 is 0 Å². The average Bonchev–Trinajstić information content (AvgIpc) is 2.75. The van der Waals surface area contributed by atoms with E-state index in [9.17, 15) is 4.79 Å². The van der Waals surface area contributed by atoms with Gasteiger partial charge in [0.2, 0.25) is 0 Å². The minimum Gasteiger partial charge on any atom is -0.266 e. The number of aromatic nitrogens is 1. The van der Waals surface area contributed by atoms with E-state index in [0.29, 0.717) is 5.39 Å². The third-order valence-electron chi connectivity index (χ3n) is 2.59. The first-order valence-corrected chi connectivity index (χ1v) is 6.32. The Hall–Kier alpha value is -2.20. The molecule has 0 saturated heterocycles. The summed E-state index contributed by atoms with van der Waals surface area (Å²) >= 11 is 1.35. The van der Waals surface area contributed by atoms with Gasteiger partial charge in [-0.25, -0.2) is 0 Å². The second kappa shape index (κ2) is 4.58. The first-order valence-electron chi connectivity index (χ1n) is 5.55. The minimum absolute atomic E-state index is 0.0669. The standard InChI is InChI=1S/C14H10N2OS/c17-14-12-8-4-5-9-13(12)18-16(14)15-10-11-6-2-1-3-7-11/h1-10H/b15-10+. The van der Waals surface area contributed by atoms with Crippen LogP contribution in [0.2, 0.25) is 0 Å². The monoisotopic (exact) mass is 254 g/mol. The quantitative estimate of drug-likeness (QED) is 0.647. The van der Waals surface area contributed by atoms with Gasteiger partial charge in [-0.1, -0.05) is 42.5 Å². The fourth-order valence-corrected chi connectivity index (χ4v) is 2.55. The number of fused-ring (bicyclic) bond motifs is 1. The molecule has 2 aromatic carbocycles. The van der Waals surface area contributed by atoms with Gasteiger partial charge in [0.25, 0.3) is 5.56 Å². The van der Waals surface area contributed by atoms with Gasteiger partial charge in [0.15, 0.2) is 0 Å². The second-order valence-corrected chi connectivity index (χ2v) is 4.79. The van der Waals surface area contributed by atoms with Gasteiger partial charge in [-0.3, -0.25) is 4.79 Å². The maximum absolute atomic E-state index is 12.0. The van der Waals surface area contributed by atoms with E-state index >= 15 is 0 Å². The molecule has 0 saturated carbocycles. The lowest BCUT2D eigenvalue weighted by Crippen LogP contribution is -2.08. The summed E-state index contributed by atoms with van der Waals surface area (Å²) in [5, 5.41) is 4.93. The van der Waals surface area contributed by atoms with E-state index in [2.05, 4.69) is 5.10 Å². The average molecular weight is 254 g/mol. The predicted molar refractivity (Wildman–Crippen MR) is 75.5 cm³/mol. The molecule has 0 unspecified atom stereocenters. The smallest absolute Gasteiger partial charge is 0.266 e. The number of nitrogens with zero attached hydrogens (tertiary/aromatic N) is 2. The summed E-state index contributed by atoms with van der Waals surface area (Å²) < 4.78 is 2.37. The summed E-state index contributed by atoms with van der Waals surface area (Å²) in [6.45, 7) is 0. The SMILES string of the molecule is O=c1c2ccccc2sn1/N=C/c1ccccc1. The van der Waals surface area contributed by atoms with E-state index in [1.807, 2.05) is 54.6 Å². The van der Waals surface area contributed by atoms with Gasteiger partial charge >= 0.3 is 0 Å². The highest BCUT2D eigenvalue weighted by Crippen LogP contribution is 2.15. The van der Waals surface area contributed by atoms with E-state index in [1.165, 1.54) is 15.6 Å². The van der Waals surface area contributed by atoms with Gasteiger partial charge in [-0.2, -0.15) is 5.10 Å². The zero-order valence-electron chi connectivity index (χ0n) is 9.48. The molecule has 0 amide bonds. The molecule has 0 aliphatic rings. The Labute approximate surface area is 108 Å². The molecule has 0 aliphatic carbocycles. The Morgan fingerprint density at radius 2 is 1.72 bits per heavy atom. The molecule has 0 atom stereocenters. The predicted octanol–water partition coefficient (Wildman–Crippen LogP) is 2.95. The van der Waals surface area contributed by atoms with Crippen LogP contribution in [-0.2, 0) is 0 Å². The fraction of sp³-hybridized carbons (Fsp3) is 0. The first kappa shape index (κ1) is 10.9. The third kappa shape index (κ3) is 1.98. The molecule has 0 aliphatic heterocycles. The summed E-state index contributed by atoms with van der Waals surface area (Å²) in [5.74, 6) is 0. The number of hydrogen-bond acceptors (Lipinski definition) is 3. The van der Waals surface area contributed by atoms with Crippen LogP contribution in [0.3, 0.4) is 0 Å². The summed E-state index contributed by atoms with van der Waals surface area (Å²) in [6.07, 6.45) is 1.69. The maximum Gasteiger partial charge on any atom is 0.289 e. The number of hydrogen-bond donors (Lipinski definition) is 0. The molecule has 88 valence electrons. The van der Waals surface area contributed by atoms with Gasteiger partial charge in [0.05, 0.1) is 16.3 Å². The normalized spacial score (nSPS) is 11.3. The van der Waals surface area contributed by atoms with E-state index in [0.717, 1.165) is 10.3 Å². The van der Waals surface area contributed by atoms with Crippen LogP contribution >= 0.6 is 11.5 Å². The Morgan fingerprint density at radius 3 is 2.50 bits per heavy atom. The largest absolute Gasteiger partial charge is 0.289 e. The summed E-state index contributed by atoms with van der Waals surface area (Å²) in [7, 11) is 0. The second-order valence-electron chi connectivity index (χ2n) is 3.82. The van der Waals surface area contributed by atoms with Gasteiger partial charge in [-0.15, -0.1) is 4.07 Å². The van der Waals surface area contributed by atoms with Crippen molar-refractivity contribution in [2.75, 3.05) is 0 Å².